The number of halogens is 2. The molecule has 38 heavy (non-hydrogen) atoms. The van der Waals surface area contributed by atoms with Crippen LogP contribution in [0.3, 0.4) is 0 Å². The molecule has 0 fully saturated rings. The van der Waals surface area contributed by atoms with Gasteiger partial charge in [-0.3, -0.25) is 0 Å². The fraction of sp³-hybridized carbons (Fsp3) is 0.375. The van der Waals surface area contributed by atoms with E-state index in [-0.39, 0.29) is 5.60 Å². The summed E-state index contributed by atoms with van der Waals surface area (Å²) in [7, 11) is -1.76. The van der Waals surface area contributed by atoms with E-state index in [1.165, 1.54) is 57.7 Å². The second kappa shape index (κ2) is 13.1. The summed E-state index contributed by atoms with van der Waals surface area (Å²) in [6.45, 7) is 11.7. The zero-order valence-corrected chi connectivity index (χ0v) is 28.8. The first-order valence-corrected chi connectivity index (χ1v) is 19.3. The molecule has 0 bridgehead atoms. The minimum Gasteiger partial charge on any atom is -0.412 e. The molecule has 0 saturated heterocycles. The molecule has 1 nitrogen and oxygen atoms in total. The molecule has 2 aromatic carbocycles. The molecule has 4 aromatic rings. The minimum absolute atomic E-state index is 0.206. The van der Waals surface area contributed by atoms with Crippen LogP contribution < -0.4 is 0 Å². The highest BCUT2D eigenvalue weighted by atomic mass is 79.9. The first kappa shape index (κ1) is 29.9. The van der Waals surface area contributed by atoms with Gasteiger partial charge >= 0.3 is 0 Å². The summed E-state index contributed by atoms with van der Waals surface area (Å²) in [4.78, 5) is 2.59. The van der Waals surface area contributed by atoms with Gasteiger partial charge in [-0.2, -0.15) is 0 Å². The fourth-order valence-electron chi connectivity index (χ4n) is 5.29. The summed E-state index contributed by atoms with van der Waals surface area (Å²) in [6, 6.07) is 30.5. The quantitative estimate of drug-likeness (QED) is 0.135. The van der Waals surface area contributed by atoms with Gasteiger partial charge in [0.25, 0.3) is 0 Å². The third-order valence-electron chi connectivity index (χ3n) is 7.98. The Morgan fingerprint density at radius 3 is 1.37 bits per heavy atom. The van der Waals surface area contributed by atoms with Gasteiger partial charge in [-0.25, -0.2) is 0 Å². The van der Waals surface area contributed by atoms with Crippen LogP contribution in [-0.2, 0) is 17.3 Å². The van der Waals surface area contributed by atoms with E-state index in [0.29, 0.717) is 5.92 Å². The van der Waals surface area contributed by atoms with Crippen LogP contribution in [0.5, 0.6) is 0 Å². The van der Waals surface area contributed by atoms with Gasteiger partial charge in [0.05, 0.1) is 13.2 Å². The summed E-state index contributed by atoms with van der Waals surface area (Å²) < 4.78 is 9.54. The van der Waals surface area contributed by atoms with Crippen molar-refractivity contribution >= 4 is 62.9 Å². The Labute approximate surface area is 255 Å². The monoisotopic (exact) mass is 688 g/mol. The Balaban J connectivity index is 1.59. The van der Waals surface area contributed by atoms with Crippen molar-refractivity contribution in [3.8, 4) is 20.9 Å². The van der Waals surface area contributed by atoms with Crippen LogP contribution in [0.1, 0.15) is 45.7 Å². The van der Waals surface area contributed by atoms with Crippen molar-refractivity contribution < 1.29 is 4.43 Å². The summed E-state index contributed by atoms with van der Waals surface area (Å²) in [5.74, 6) is 0.377. The molecule has 4 rings (SSSR count). The molecule has 0 radical (unpaired) electrons. The lowest BCUT2D eigenvalue weighted by Gasteiger charge is -2.43. The molecule has 0 aliphatic rings. The lowest BCUT2D eigenvalue weighted by atomic mass is 9.81. The van der Waals surface area contributed by atoms with Gasteiger partial charge in [-0.05, 0) is 129 Å². The Hall–Kier alpha value is -1.02. The maximum absolute atomic E-state index is 7.20. The second-order valence-electron chi connectivity index (χ2n) is 10.7. The van der Waals surface area contributed by atoms with E-state index in [1.807, 2.05) is 0 Å². The van der Waals surface area contributed by atoms with E-state index in [4.69, 9.17) is 4.43 Å². The standard InChI is InChI=1S/C32H38Br2OS2Si/c1-6-38(7-2,8-3)35-32(4,5)27(21-23-9-13-25(14-10-23)28-17-19-30(33)36-28)22-24-11-15-26(16-12-24)29-18-20-31(34)37-29/h9-20,27H,6-8,21-22H2,1-5H3. The summed E-state index contributed by atoms with van der Waals surface area (Å²) in [5, 5.41) is 0. The zero-order chi connectivity index (χ0) is 27.3. The van der Waals surface area contributed by atoms with E-state index in [0.717, 1.165) is 12.8 Å². The average molecular weight is 691 g/mol. The number of hydrogen-bond donors (Lipinski definition) is 0. The third-order valence-corrected chi connectivity index (χ3v) is 16.2. The Morgan fingerprint density at radius 1 is 0.658 bits per heavy atom. The van der Waals surface area contributed by atoms with Crippen molar-refractivity contribution in [2.75, 3.05) is 0 Å². The molecule has 0 saturated carbocycles. The van der Waals surface area contributed by atoms with E-state index >= 15 is 0 Å². The van der Waals surface area contributed by atoms with E-state index < -0.39 is 8.32 Å². The van der Waals surface area contributed by atoms with Crippen LogP contribution in [0.15, 0.2) is 80.4 Å². The summed E-state index contributed by atoms with van der Waals surface area (Å²) >= 11 is 10.8. The maximum atomic E-state index is 7.20. The van der Waals surface area contributed by atoms with Gasteiger partial charge in [0.1, 0.15) is 0 Å². The first-order chi connectivity index (χ1) is 18.2. The number of rotatable bonds is 12. The minimum atomic E-state index is -1.76. The SMILES string of the molecule is CC[Si](CC)(CC)OC(C)(C)C(Cc1ccc(-c2ccc(Br)s2)cc1)Cc1ccc(-c2ccc(Br)s2)cc1. The van der Waals surface area contributed by atoms with Gasteiger partial charge in [0, 0.05) is 9.75 Å². The van der Waals surface area contributed by atoms with Crippen molar-refractivity contribution in [2.45, 2.75) is 71.2 Å². The van der Waals surface area contributed by atoms with Crippen molar-refractivity contribution in [1.29, 1.82) is 0 Å². The van der Waals surface area contributed by atoms with Gasteiger partial charge in [-0.15, -0.1) is 22.7 Å². The van der Waals surface area contributed by atoms with Crippen LogP contribution in [-0.4, -0.2) is 13.9 Å². The number of thiophene rings is 2. The molecule has 2 aromatic heterocycles. The van der Waals surface area contributed by atoms with Crippen molar-refractivity contribution in [1.82, 2.24) is 0 Å². The highest BCUT2D eigenvalue weighted by molar-refractivity contribution is 9.11. The molecule has 2 heterocycles. The molecule has 202 valence electrons. The molecule has 0 spiro atoms. The third kappa shape index (κ3) is 7.38. The zero-order valence-electron chi connectivity index (χ0n) is 23.0. The highest BCUT2D eigenvalue weighted by Gasteiger charge is 2.39. The number of benzene rings is 2. The second-order valence-corrected chi connectivity index (χ2v) is 20.3. The summed E-state index contributed by atoms with van der Waals surface area (Å²) in [5.41, 5.74) is 5.11. The Morgan fingerprint density at radius 2 is 1.05 bits per heavy atom. The lowest BCUT2D eigenvalue weighted by molar-refractivity contribution is 0.0316. The molecular weight excluding hydrogens is 652 g/mol. The van der Waals surface area contributed by atoms with Crippen molar-refractivity contribution in [3.63, 3.8) is 0 Å². The van der Waals surface area contributed by atoms with Crippen molar-refractivity contribution in [3.05, 3.63) is 91.5 Å². The predicted molar refractivity (Wildman–Crippen MR) is 178 cm³/mol. The van der Waals surface area contributed by atoms with Gasteiger partial charge in [0.2, 0.25) is 0 Å². The van der Waals surface area contributed by atoms with E-state index in [2.05, 4.69) is 139 Å². The predicted octanol–water partition coefficient (Wildman–Crippen LogP) is 11.9. The van der Waals surface area contributed by atoms with E-state index in [9.17, 15) is 0 Å². The fourth-order valence-corrected chi connectivity index (χ4v) is 11.3. The van der Waals surface area contributed by atoms with Crippen LogP contribution in [0.4, 0.5) is 0 Å². The molecule has 6 heteroatoms. The largest absolute Gasteiger partial charge is 0.412 e. The normalized spacial score (nSPS) is 12.4. The number of hydrogen-bond acceptors (Lipinski definition) is 3. The average Bonchev–Trinajstić information content (AvgIpc) is 3.56. The highest BCUT2D eigenvalue weighted by Crippen LogP contribution is 2.37. The topological polar surface area (TPSA) is 9.23 Å². The molecule has 0 unspecified atom stereocenters. The van der Waals surface area contributed by atoms with Gasteiger partial charge in [0.15, 0.2) is 8.32 Å². The van der Waals surface area contributed by atoms with E-state index in [1.54, 1.807) is 22.7 Å². The van der Waals surface area contributed by atoms with Crippen LogP contribution in [0, 0.1) is 5.92 Å². The molecule has 0 amide bonds. The molecule has 0 atom stereocenters. The molecule has 0 aliphatic heterocycles. The van der Waals surface area contributed by atoms with Gasteiger partial charge in [-0.1, -0.05) is 69.3 Å². The molecule has 0 N–H and O–H groups in total. The maximum Gasteiger partial charge on any atom is 0.192 e. The summed E-state index contributed by atoms with van der Waals surface area (Å²) in [6.07, 6.45) is 2.01. The van der Waals surface area contributed by atoms with Crippen LogP contribution in [0.2, 0.25) is 18.1 Å². The van der Waals surface area contributed by atoms with Crippen LogP contribution in [0.25, 0.3) is 20.9 Å². The van der Waals surface area contributed by atoms with Crippen LogP contribution >= 0.6 is 54.5 Å². The lowest BCUT2D eigenvalue weighted by Crippen LogP contribution is -2.49. The smallest absolute Gasteiger partial charge is 0.192 e. The first-order valence-electron chi connectivity index (χ1n) is 13.6. The molecule has 0 aliphatic carbocycles. The Kier molecular flexibility index (Phi) is 10.3. The Bertz CT molecular complexity index is 1210. The van der Waals surface area contributed by atoms with Crippen molar-refractivity contribution in [2.24, 2.45) is 5.92 Å². The molecular formula is C32H38Br2OS2Si. The van der Waals surface area contributed by atoms with Gasteiger partial charge < -0.3 is 4.43 Å².